The Kier molecular flexibility index (Phi) is 6.22. The minimum Gasteiger partial charge on any atom is -0.309 e. The highest BCUT2D eigenvalue weighted by molar-refractivity contribution is 6.11. The summed E-state index contributed by atoms with van der Waals surface area (Å²) < 4.78 is 4.57. The topological polar surface area (TPSA) is 38.0 Å². The normalized spacial score (nSPS) is 11.3. The molecule has 0 bridgehead atoms. The zero-order valence-electron chi connectivity index (χ0n) is 25.8. The van der Waals surface area contributed by atoms with Gasteiger partial charge in [0.1, 0.15) is 0 Å². The van der Waals surface area contributed by atoms with Crippen LogP contribution in [0.3, 0.4) is 0 Å². The van der Waals surface area contributed by atoms with E-state index in [0.717, 1.165) is 66.5 Å². The van der Waals surface area contributed by atoms with E-state index in [1.165, 1.54) is 10.8 Å². The van der Waals surface area contributed by atoms with Crippen molar-refractivity contribution >= 4 is 49.3 Å². The molecular weight excluding hydrogens is 585 g/mol. The molecule has 0 aliphatic rings. The monoisotopic (exact) mass is 610 g/mol. The fourth-order valence-electron chi connectivity index (χ4n) is 7.36. The molecule has 0 fully saturated rings. The van der Waals surface area contributed by atoms with Gasteiger partial charge in [0.05, 0.1) is 46.0 Å². The Morgan fingerprint density at radius 1 is 0.500 bits per heavy atom. The third-order valence-electron chi connectivity index (χ3n) is 9.36. The summed E-state index contributed by atoms with van der Waals surface area (Å²) in [5.41, 5.74) is 11.3. The maximum Gasteiger partial charge on any atom is 0.188 e. The highest BCUT2D eigenvalue weighted by Gasteiger charge is 2.22. The van der Waals surface area contributed by atoms with Crippen LogP contribution < -0.4 is 0 Å². The molecule has 0 atom stereocenters. The van der Waals surface area contributed by atoms with Crippen molar-refractivity contribution in [3.8, 4) is 39.7 Å². The van der Waals surface area contributed by atoms with E-state index in [4.69, 9.17) is 6.57 Å². The zero-order chi connectivity index (χ0) is 32.2. The lowest BCUT2D eigenvalue weighted by Gasteiger charge is -2.20. The Hall–Kier alpha value is -6.88. The molecule has 48 heavy (non-hydrogen) atoms. The van der Waals surface area contributed by atoms with E-state index in [9.17, 15) is 5.26 Å². The lowest BCUT2D eigenvalue weighted by molar-refractivity contribution is 1.17. The van der Waals surface area contributed by atoms with E-state index < -0.39 is 0 Å². The van der Waals surface area contributed by atoms with E-state index in [2.05, 4.69) is 123 Å². The number of aromatic nitrogens is 2. The van der Waals surface area contributed by atoms with Gasteiger partial charge in [-0.3, -0.25) is 0 Å². The van der Waals surface area contributed by atoms with Crippen LogP contribution in [0, 0.1) is 17.9 Å². The molecule has 7 aromatic carbocycles. The van der Waals surface area contributed by atoms with Gasteiger partial charge in [-0.05, 0) is 65.0 Å². The largest absolute Gasteiger partial charge is 0.309 e. The first-order chi connectivity index (χ1) is 23.7. The highest BCUT2D eigenvalue weighted by Crippen LogP contribution is 2.43. The van der Waals surface area contributed by atoms with Gasteiger partial charge in [-0.2, -0.15) is 5.26 Å². The summed E-state index contributed by atoms with van der Waals surface area (Å²) >= 11 is 0. The Morgan fingerprint density at radius 2 is 1.06 bits per heavy atom. The number of para-hydroxylation sites is 4. The Labute approximate surface area is 277 Å². The molecular formula is C44H26N4. The molecule has 0 N–H and O–H groups in total. The molecule has 0 unspecified atom stereocenters. The van der Waals surface area contributed by atoms with Crippen molar-refractivity contribution in [2.45, 2.75) is 0 Å². The van der Waals surface area contributed by atoms with Crippen LogP contribution in [0.25, 0.3) is 82.1 Å². The number of nitrogens with zero attached hydrogens (tertiary/aromatic N) is 4. The molecule has 222 valence electrons. The molecule has 0 aliphatic carbocycles. The number of rotatable bonds is 4. The van der Waals surface area contributed by atoms with Crippen LogP contribution >= 0.6 is 0 Å². The Morgan fingerprint density at radius 3 is 1.73 bits per heavy atom. The summed E-state index contributed by atoms with van der Waals surface area (Å²) in [5.74, 6) is 0. The lowest BCUT2D eigenvalue weighted by Crippen LogP contribution is -2.02. The second-order valence-corrected chi connectivity index (χ2v) is 11.9. The molecule has 0 aliphatic heterocycles. The predicted molar refractivity (Wildman–Crippen MR) is 197 cm³/mol. The number of fused-ring (bicyclic) bond motifs is 6. The van der Waals surface area contributed by atoms with Crippen molar-refractivity contribution in [3.05, 3.63) is 175 Å². The summed E-state index contributed by atoms with van der Waals surface area (Å²) in [6.07, 6.45) is 0. The molecule has 4 nitrogen and oxygen atoms in total. The lowest BCUT2D eigenvalue weighted by atomic mass is 9.89. The minimum absolute atomic E-state index is 0.592. The van der Waals surface area contributed by atoms with E-state index in [1.54, 1.807) is 0 Å². The third-order valence-corrected chi connectivity index (χ3v) is 9.36. The quantitative estimate of drug-likeness (QED) is 0.183. The SMILES string of the molecule is [C-]#[N+]c1ccc2c(c1)c1ccccc1n2-c1cc(C#N)c(-c2ccccc2)c(-c2ccccc2-n2c3ccccc3c3ccccc32)c1. The van der Waals surface area contributed by atoms with Crippen LogP contribution in [-0.2, 0) is 0 Å². The van der Waals surface area contributed by atoms with Crippen LogP contribution in [0.4, 0.5) is 5.69 Å². The maximum atomic E-state index is 10.8. The van der Waals surface area contributed by atoms with E-state index in [0.29, 0.717) is 11.3 Å². The highest BCUT2D eigenvalue weighted by atomic mass is 15.0. The summed E-state index contributed by atoms with van der Waals surface area (Å²) in [7, 11) is 0. The van der Waals surface area contributed by atoms with Crippen LogP contribution in [0.15, 0.2) is 158 Å². The first-order valence-electron chi connectivity index (χ1n) is 15.9. The second kappa shape index (κ2) is 10.9. The van der Waals surface area contributed by atoms with Crippen LogP contribution in [0.5, 0.6) is 0 Å². The molecule has 0 amide bonds. The van der Waals surface area contributed by atoms with Crippen LogP contribution in [0.2, 0.25) is 0 Å². The first kappa shape index (κ1) is 27.4. The van der Waals surface area contributed by atoms with Gasteiger partial charge in [0, 0.05) is 33.0 Å². The van der Waals surface area contributed by atoms with Crippen molar-refractivity contribution in [3.63, 3.8) is 0 Å². The zero-order valence-corrected chi connectivity index (χ0v) is 25.8. The van der Waals surface area contributed by atoms with Crippen LogP contribution in [-0.4, -0.2) is 9.13 Å². The second-order valence-electron chi connectivity index (χ2n) is 11.9. The van der Waals surface area contributed by atoms with Gasteiger partial charge in [-0.15, -0.1) is 0 Å². The summed E-state index contributed by atoms with van der Waals surface area (Å²) in [5, 5.41) is 15.3. The predicted octanol–water partition coefficient (Wildman–Crippen LogP) is 11.6. The smallest absolute Gasteiger partial charge is 0.188 e. The average molecular weight is 611 g/mol. The van der Waals surface area contributed by atoms with Gasteiger partial charge in [0.15, 0.2) is 5.69 Å². The Balaban J connectivity index is 1.41. The fraction of sp³-hybridized carbons (Fsp3) is 0. The van der Waals surface area contributed by atoms with Crippen molar-refractivity contribution in [1.82, 2.24) is 9.13 Å². The molecule has 0 saturated heterocycles. The fourth-order valence-corrected chi connectivity index (χ4v) is 7.36. The standard InChI is InChI=1S/C44H26N4/c1-46-31-23-24-43-37(26-31)35-17-7-9-19-39(35)47(43)32-25-30(28-45)44(29-13-3-2-4-14-29)38(27-32)36-18-8-12-22-42(36)48-40-20-10-5-15-33(40)34-16-6-11-21-41(34)48/h2-27H. The number of nitriles is 1. The van der Waals surface area contributed by atoms with Crippen molar-refractivity contribution in [2.24, 2.45) is 0 Å². The molecule has 2 aromatic heterocycles. The maximum absolute atomic E-state index is 10.8. The van der Waals surface area contributed by atoms with Crippen molar-refractivity contribution < 1.29 is 0 Å². The van der Waals surface area contributed by atoms with Gasteiger partial charge in [-0.25, -0.2) is 4.85 Å². The Bertz CT molecular complexity index is 2750. The third kappa shape index (κ3) is 4.07. The van der Waals surface area contributed by atoms with Gasteiger partial charge in [0.25, 0.3) is 0 Å². The molecule has 2 heterocycles. The number of benzene rings is 7. The van der Waals surface area contributed by atoms with Gasteiger partial charge >= 0.3 is 0 Å². The minimum atomic E-state index is 0.592. The van der Waals surface area contributed by atoms with E-state index in [-0.39, 0.29) is 0 Å². The number of hydrogen-bond acceptors (Lipinski definition) is 1. The molecule has 9 rings (SSSR count). The van der Waals surface area contributed by atoms with E-state index in [1.807, 2.05) is 54.6 Å². The summed E-state index contributed by atoms with van der Waals surface area (Å²) in [6.45, 7) is 7.64. The molecule has 0 spiro atoms. The summed E-state index contributed by atoms with van der Waals surface area (Å²) in [4.78, 5) is 3.71. The molecule has 9 aromatic rings. The van der Waals surface area contributed by atoms with Gasteiger partial charge in [0.2, 0.25) is 0 Å². The number of hydrogen-bond donors (Lipinski definition) is 0. The average Bonchev–Trinajstić information content (AvgIpc) is 3.67. The molecule has 0 radical (unpaired) electrons. The van der Waals surface area contributed by atoms with E-state index >= 15 is 0 Å². The van der Waals surface area contributed by atoms with Crippen molar-refractivity contribution in [1.29, 1.82) is 5.26 Å². The summed E-state index contributed by atoms with van der Waals surface area (Å²) in [6, 6.07) is 56.7. The molecule has 0 saturated carbocycles. The van der Waals surface area contributed by atoms with Crippen LogP contribution in [0.1, 0.15) is 5.56 Å². The van der Waals surface area contributed by atoms with Gasteiger partial charge in [-0.1, -0.05) is 109 Å². The first-order valence-corrected chi connectivity index (χ1v) is 15.9. The van der Waals surface area contributed by atoms with Crippen molar-refractivity contribution in [2.75, 3.05) is 0 Å². The molecule has 4 heteroatoms. The van der Waals surface area contributed by atoms with Gasteiger partial charge < -0.3 is 9.13 Å².